The third kappa shape index (κ3) is 3.25. The van der Waals surface area contributed by atoms with Gasteiger partial charge >= 0.3 is 0 Å². The van der Waals surface area contributed by atoms with E-state index in [4.69, 9.17) is 5.26 Å². The molecule has 5 nitrogen and oxygen atoms in total. The van der Waals surface area contributed by atoms with E-state index in [9.17, 15) is 13.5 Å². The summed E-state index contributed by atoms with van der Waals surface area (Å²) in [5, 5.41) is 17.8. The van der Waals surface area contributed by atoms with Gasteiger partial charge in [0, 0.05) is 6.04 Å². The second-order valence-electron chi connectivity index (χ2n) is 3.49. The van der Waals surface area contributed by atoms with E-state index in [1.165, 1.54) is 0 Å². The van der Waals surface area contributed by atoms with Crippen LogP contribution in [0.25, 0.3) is 0 Å². The molecular weight excluding hydrogens is 204 g/mol. The molecule has 0 aromatic carbocycles. The molecule has 0 unspecified atom stereocenters. The van der Waals surface area contributed by atoms with Crippen molar-refractivity contribution in [2.24, 2.45) is 0 Å². The van der Waals surface area contributed by atoms with Gasteiger partial charge in [-0.05, 0) is 12.8 Å². The van der Waals surface area contributed by atoms with Crippen molar-refractivity contribution >= 4 is 10.0 Å². The van der Waals surface area contributed by atoms with Crippen LogP contribution < -0.4 is 4.72 Å². The molecule has 0 bridgehead atoms. The Kier molecular flexibility index (Phi) is 3.86. The van der Waals surface area contributed by atoms with Crippen LogP contribution >= 0.6 is 0 Å². The molecule has 0 radical (unpaired) electrons. The first kappa shape index (κ1) is 11.4. The Morgan fingerprint density at radius 1 is 1.43 bits per heavy atom. The Hall–Kier alpha value is -0.640. The molecule has 0 aromatic rings. The van der Waals surface area contributed by atoms with Gasteiger partial charge in [-0.2, -0.15) is 5.26 Å². The summed E-state index contributed by atoms with van der Waals surface area (Å²) in [4.78, 5) is 0. The summed E-state index contributed by atoms with van der Waals surface area (Å²) in [7, 11) is -3.54. The molecule has 1 saturated carbocycles. The maximum Gasteiger partial charge on any atom is 0.225 e. The van der Waals surface area contributed by atoms with Crippen molar-refractivity contribution in [2.45, 2.75) is 37.8 Å². The van der Waals surface area contributed by atoms with Gasteiger partial charge < -0.3 is 5.11 Å². The number of nitrogens with one attached hydrogen (secondary N) is 1. The van der Waals surface area contributed by atoms with Gasteiger partial charge in [-0.1, -0.05) is 12.8 Å². The van der Waals surface area contributed by atoms with Crippen molar-refractivity contribution in [3.05, 3.63) is 0 Å². The van der Waals surface area contributed by atoms with Crippen LogP contribution in [0.1, 0.15) is 25.7 Å². The fraction of sp³-hybridized carbons (Fsp3) is 0.875. The summed E-state index contributed by atoms with van der Waals surface area (Å²) in [5.41, 5.74) is 0. The molecule has 6 heteroatoms. The summed E-state index contributed by atoms with van der Waals surface area (Å²) in [6.45, 7) is 0. The Labute approximate surface area is 83.8 Å². The molecule has 2 atom stereocenters. The minimum Gasteiger partial charge on any atom is -0.391 e. The summed E-state index contributed by atoms with van der Waals surface area (Å²) < 4.78 is 24.7. The van der Waals surface area contributed by atoms with Crippen LogP contribution in [0, 0.1) is 11.3 Å². The first-order valence-electron chi connectivity index (χ1n) is 4.60. The lowest BCUT2D eigenvalue weighted by Crippen LogP contribution is -2.45. The molecule has 1 aliphatic rings. The maximum atomic E-state index is 11.2. The summed E-state index contributed by atoms with van der Waals surface area (Å²) in [6.07, 6.45) is 2.50. The molecule has 14 heavy (non-hydrogen) atoms. The largest absolute Gasteiger partial charge is 0.391 e. The third-order valence-corrected chi connectivity index (χ3v) is 3.49. The molecule has 0 aromatic heterocycles. The second-order valence-corrected chi connectivity index (χ2v) is 5.25. The van der Waals surface area contributed by atoms with Crippen LogP contribution in [0.5, 0.6) is 0 Å². The Morgan fingerprint density at radius 2 is 2.07 bits per heavy atom. The highest BCUT2D eigenvalue weighted by Gasteiger charge is 2.26. The van der Waals surface area contributed by atoms with Crippen molar-refractivity contribution in [1.82, 2.24) is 4.72 Å². The van der Waals surface area contributed by atoms with Crippen LogP contribution in [0.4, 0.5) is 0 Å². The predicted molar refractivity (Wildman–Crippen MR) is 50.8 cm³/mol. The number of aliphatic hydroxyl groups excluding tert-OH is 1. The average Bonchev–Trinajstić information content (AvgIpc) is 2.08. The Morgan fingerprint density at radius 3 is 2.64 bits per heavy atom. The van der Waals surface area contributed by atoms with Crippen LogP contribution in [0.15, 0.2) is 0 Å². The van der Waals surface area contributed by atoms with E-state index >= 15 is 0 Å². The molecular formula is C8H14N2O3S. The lowest BCUT2D eigenvalue weighted by molar-refractivity contribution is 0.101. The van der Waals surface area contributed by atoms with E-state index in [0.717, 1.165) is 12.8 Å². The van der Waals surface area contributed by atoms with E-state index in [-0.39, 0.29) is 0 Å². The molecule has 1 rings (SSSR count). The topological polar surface area (TPSA) is 90.2 Å². The van der Waals surface area contributed by atoms with Crippen molar-refractivity contribution in [1.29, 1.82) is 5.26 Å². The number of hydrogen-bond donors (Lipinski definition) is 2. The van der Waals surface area contributed by atoms with Gasteiger partial charge in [0.15, 0.2) is 5.75 Å². The fourth-order valence-corrected chi connectivity index (χ4v) is 2.60. The maximum absolute atomic E-state index is 11.2. The van der Waals surface area contributed by atoms with E-state index in [1.54, 1.807) is 6.07 Å². The number of aliphatic hydroxyl groups is 1. The minimum atomic E-state index is -3.54. The van der Waals surface area contributed by atoms with Crippen LogP contribution in [0.2, 0.25) is 0 Å². The lowest BCUT2D eigenvalue weighted by Gasteiger charge is -2.27. The minimum absolute atomic E-state index is 0.415. The molecule has 0 spiro atoms. The lowest BCUT2D eigenvalue weighted by atomic mass is 9.93. The van der Waals surface area contributed by atoms with Gasteiger partial charge in [-0.25, -0.2) is 13.1 Å². The monoisotopic (exact) mass is 218 g/mol. The number of sulfonamides is 1. The van der Waals surface area contributed by atoms with Gasteiger partial charge in [0.1, 0.15) is 0 Å². The summed E-state index contributed by atoms with van der Waals surface area (Å²) in [5.74, 6) is -0.545. The van der Waals surface area contributed by atoms with Crippen molar-refractivity contribution in [2.75, 3.05) is 5.75 Å². The molecule has 1 fully saturated rings. The smallest absolute Gasteiger partial charge is 0.225 e. The van der Waals surface area contributed by atoms with Crippen LogP contribution in [0.3, 0.4) is 0 Å². The molecule has 80 valence electrons. The van der Waals surface area contributed by atoms with Crippen LogP contribution in [-0.4, -0.2) is 31.4 Å². The highest BCUT2D eigenvalue weighted by atomic mass is 32.2. The zero-order valence-electron chi connectivity index (χ0n) is 7.81. The normalized spacial score (nSPS) is 28.3. The molecule has 2 N–H and O–H groups in total. The number of hydrogen-bond acceptors (Lipinski definition) is 4. The molecule has 0 saturated heterocycles. The molecule has 0 heterocycles. The summed E-state index contributed by atoms with van der Waals surface area (Å²) in [6, 6.07) is 1.17. The van der Waals surface area contributed by atoms with Crippen molar-refractivity contribution < 1.29 is 13.5 Å². The second kappa shape index (κ2) is 4.73. The molecule has 0 aliphatic heterocycles. The predicted octanol–water partition coefficient (Wildman–Crippen LogP) is -0.267. The standard InChI is InChI=1S/C8H14N2O3S/c9-5-6-14(12,13)10-7-3-1-2-4-8(7)11/h7-8,10-11H,1-4,6H2/t7-,8-/m0/s1. The van der Waals surface area contributed by atoms with Crippen LogP contribution in [-0.2, 0) is 10.0 Å². The number of nitriles is 1. The van der Waals surface area contributed by atoms with E-state index in [0.29, 0.717) is 12.8 Å². The first-order chi connectivity index (χ1) is 6.55. The Balaban J connectivity index is 2.55. The van der Waals surface area contributed by atoms with Gasteiger partial charge in [0.25, 0.3) is 0 Å². The van der Waals surface area contributed by atoms with Crippen molar-refractivity contribution in [3.8, 4) is 6.07 Å². The van der Waals surface area contributed by atoms with Gasteiger partial charge in [-0.15, -0.1) is 0 Å². The number of nitrogens with zero attached hydrogens (tertiary/aromatic N) is 1. The van der Waals surface area contributed by atoms with E-state index in [2.05, 4.69) is 4.72 Å². The van der Waals surface area contributed by atoms with Gasteiger partial charge in [0.2, 0.25) is 10.0 Å². The molecule has 0 amide bonds. The number of rotatable bonds is 3. The van der Waals surface area contributed by atoms with E-state index < -0.39 is 27.9 Å². The van der Waals surface area contributed by atoms with E-state index in [1.807, 2.05) is 0 Å². The van der Waals surface area contributed by atoms with Crippen molar-refractivity contribution in [3.63, 3.8) is 0 Å². The highest BCUT2D eigenvalue weighted by molar-refractivity contribution is 7.89. The van der Waals surface area contributed by atoms with Gasteiger partial charge in [-0.3, -0.25) is 0 Å². The zero-order valence-corrected chi connectivity index (χ0v) is 8.63. The molecule has 1 aliphatic carbocycles. The van der Waals surface area contributed by atoms with Gasteiger partial charge in [0.05, 0.1) is 12.2 Å². The quantitative estimate of drug-likeness (QED) is 0.682. The summed E-state index contributed by atoms with van der Waals surface area (Å²) >= 11 is 0. The SMILES string of the molecule is N#CCS(=O)(=O)N[C@H]1CCCC[C@@H]1O. The average molecular weight is 218 g/mol. The third-order valence-electron chi connectivity index (χ3n) is 2.31. The highest BCUT2D eigenvalue weighted by Crippen LogP contribution is 2.18. The zero-order chi connectivity index (χ0) is 10.6. The fourth-order valence-electron chi connectivity index (χ4n) is 1.61. The Bertz CT molecular complexity index is 320. The first-order valence-corrected chi connectivity index (χ1v) is 6.25.